The number of nitrogens with zero attached hydrogens (tertiary/aromatic N) is 6. The lowest BCUT2D eigenvalue weighted by atomic mass is 10.2. The molecule has 9 nitrogen and oxygen atoms in total. The lowest BCUT2D eigenvalue weighted by Gasteiger charge is -2.11. The van der Waals surface area contributed by atoms with E-state index in [0.717, 1.165) is 28.1 Å². The normalized spacial score (nSPS) is 11.4. The van der Waals surface area contributed by atoms with Gasteiger partial charge in [-0.2, -0.15) is 4.98 Å². The molecule has 3 aromatic carbocycles. The molecular formula is C26H20N6O3S. The summed E-state index contributed by atoms with van der Waals surface area (Å²) in [6.07, 6.45) is 0. The van der Waals surface area contributed by atoms with E-state index in [-0.39, 0.29) is 5.56 Å². The minimum Gasteiger partial charge on any atom is -0.497 e. The van der Waals surface area contributed by atoms with Crippen LogP contribution in [0.2, 0.25) is 0 Å². The first-order chi connectivity index (χ1) is 17.6. The van der Waals surface area contributed by atoms with Crippen molar-refractivity contribution in [2.45, 2.75) is 17.8 Å². The molecule has 0 N–H and O–H groups in total. The van der Waals surface area contributed by atoms with Crippen molar-refractivity contribution in [3.05, 3.63) is 94.5 Å². The van der Waals surface area contributed by atoms with Crippen LogP contribution in [0.4, 0.5) is 0 Å². The number of aryl methyl sites for hydroxylation is 1. The van der Waals surface area contributed by atoms with Crippen molar-refractivity contribution < 1.29 is 9.26 Å². The lowest BCUT2D eigenvalue weighted by molar-refractivity contribution is 0.414. The quantitative estimate of drug-likeness (QED) is 0.306. The molecule has 6 aromatic rings. The molecule has 0 unspecified atom stereocenters. The zero-order valence-electron chi connectivity index (χ0n) is 19.5. The van der Waals surface area contributed by atoms with Gasteiger partial charge in [0.05, 0.1) is 29.5 Å². The summed E-state index contributed by atoms with van der Waals surface area (Å²) >= 11 is 1.42. The molecule has 0 bridgehead atoms. The Morgan fingerprint density at radius 1 is 0.972 bits per heavy atom. The monoisotopic (exact) mass is 496 g/mol. The fourth-order valence-corrected chi connectivity index (χ4v) is 4.77. The molecule has 178 valence electrons. The molecular weight excluding hydrogens is 476 g/mol. The van der Waals surface area contributed by atoms with Gasteiger partial charge < -0.3 is 9.26 Å². The van der Waals surface area contributed by atoms with Crippen molar-refractivity contribution >= 4 is 28.4 Å². The predicted octanol–water partition coefficient (Wildman–Crippen LogP) is 4.69. The Morgan fingerprint density at radius 3 is 2.53 bits per heavy atom. The zero-order valence-corrected chi connectivity index (χ0v) is 20.3. The second-order valence-corrected chi connectivity index (χ2v) is 9.09. The van der Waals surface area contributed by atoms with Crippen molar-refractivity contribution in [1.29, 1.82) is 0 Å². The van der Waals surface area contributed by atoms with E-state index in [1.807, 2.05) is 84.1 Å². The van der Waals surface area contributed by atoms with Gasteiger partial charge in [-0.05, 0) is 55.5 Å². The highest BCUT2D eigenvalue weighted by atomic mass is 32.2. The number of rotatable bonds is 6. The molecule has 0 amide bonds. The Bertz CT molecular complexity index is 1750. The van der Waals surface area contributed by atoms with Crippen LogP contribution >= 0.6 is 11.8 Å². The summed E-state index contributed by atoms with van der Waals surface area (Å²) in [6, 6.07) is 22.6. The second kappa shape index (κ2) is 8.97. The van der Waals surface area contributed by atoms with Gasteiger partial charge in [0.1, 0.15) is 5.75 Å². The van der Waals surface area contributed by atoms with Gasteiger partial charge in [-0.3, -0.25) is 9.20 Å². The smallest absolute Gasteiger partial charge is 0.267 e. The number of fused-ring (bicyclic) bond motifs is 3. The van der Waals surface area contributed by atoms with Crippen LogP contribution in [0, 0.1) is 6.92 Å². The van der Waals surface area contributed by atoms with E-state index in [1.165, 1.54) is 11.8 Å². The van der Waals surface area contributed by atoms with E-state index < -0.39 is 0 Å². The van der Waals surface area contributed by atoms with Gasteiger partial charge in [-0.15, -0.1) is 10.2 Å². The third kappa shape index (κ3) is 3.81. The molecule has 0 aliphatic rings. The molecule has 0 spiro atoms. The van der Waals surface area contributed by atoms with Crippen molar-refractivity contribution in [2.75, 3.05) is 7.11 Å². The van der Waals surface area contributed by atoms with Gasteiger partial charge in [0.25, 0.3) is 11.4 Å². The molecule has 0 saturated carbocycles. The highest BCUT2D eigenvalue weighted by Gasteiger charge is 2.19. The Hall–Kier alpha value is -4.44. The van der Waals surface area contributed by atoms with E-state index >= 15 is 0 Å². The second-order valence-electron chi connectivity index (χ2n) is 8.14. The van der Waals surface area contributed by atoms with Crippen LogP contribution in [0.3, 0.4) is 0 Å². The summed E-state index contributed by atoms with van der Waals surface area (Å²) in [5.41, 5.74) is 3.23. The molecule has 0 radical (unpaired) electrons. The summed E-state index contributed by atoms with van der Waals surface area (Å²) in [5.74, 6) is 2.57. The number of hydrogen-bond donors (Lipinski definition) is 0. The number of methoxy groups -OCH3 is 1. The van der Waals surface area contributed by atoms with Gasteiger partial charge >= 0.3 is 0 Å². The summed E-state index contributed by atoms with van der Waals surface area (Å²) in [5, 5.41) is 14.1. The predicted molar refractivity (Wildman–Crippen MR) is 137 cm³/mol. The average Bonchev–Trinajstić information content (AvgIpc) is 3.56. The van der Waals surface area contributed by atoms with E-state index in [2.05, 4.69) is 20.3 Å². The Morgan fingerprint density at radius 2 is 1.75 bits per heavy atom. The number of thioether (sulfide) groups is 1. The molecule has 3 heterocycles. The molecule has 36 heavy (non-hydrogen) atoms. The number of benzene rings is 3. The zero-order chi connectivity index (χ0) is 24.6. The molecule has 0 aliphatic heterocycles. The number of hydrogen-bond acceptors (Lipinski definition) is 8. The third-order valence-electron chi connectivity index (χ3n) is 5.82. The van der Waals surface area contributed by atoms with Crippen LogP contribution in [-0.2, 0) is 5.75 Å². The maximum absolute atomic E-state index is 13.4. The standard InChI is InChI=1S/C26H20N6O3S/c1-16-7-11-18(12-8-16)31-24(33)20-5-3-4-6-21(20)32-25(31)28-29-26(32)36-15-22-27-23(35-30-22)17-9-13-19(34-2)14-10-17/h3-14H,15H2,1-2H3. The minimum atomic E-state index is -0.145. The summed E-state index contributed by atoms with van der Waals surface area (Å²) < 4.78 is 14.1. The Balaban J connectivity index is 1.38. The van der Waals surface area contributed by atoms with E-state index in [1.54, 1.807) is 11.7 Å². The summed E-state index contributed by atoms with van der Waals surface area (Å²) in [6.45, 7) is 2.01. The maximum atomic E-state index is 13.4. The topological polar surface area (TPSA) is 100 Å². The molecule has 0 aliphatic carbocycles. The van der Waals surface area contributed by atoms with Crippen LogP contribution in [0.25, 0.3) is 33.8 Å². The van der Waals surface area contributed by atoms with Gasteiger partial charge in [0.2, 0.25) is 5.78 Å². The summed E-state index contributed by atoms with van der Waals surface area (Å²) in [4.78, 5) is 17.9. The first-order valence-corrected chi connectivity index (χ1v) is 12.2. The van der Waals surface area contributed by atoms with Gasteiger partial charge in [0.15, 0.2) is 11.0 Å². The van der Waals surface area contributed by atoms with Crippen LogP contribution in [0.1, 0.15) is 11.4 Å². The SMILES string of the molecule is COc1ccc(-c2nc(CSc3nnc4n(-c5ccc(C)cc5)c(=O)c5ccccc5n34)no2)cc1. The van der Waals surface area contributed by atoms with E-state index in [9.17, 15) is 4.79 Å². The van der Waals surface area contributed by atoms with Gasteiger partial charge in [-0.1, -0.05) is 46.7 Å². The van der Waals surface area contributed by atoms with E-state index in [4.69, 9.17) is 9.26 Å². The molecule has 0 fully saturated rings. The van der Waals surface area contributed by atoms with Gasteiger partial charge in [0, 0.05) is 5.56 Å². The third-order valence-corrected chi connectivity index (χ3v) is 6.75. The van der Waals surface area contributed by atoms with Crippen molar-refractivity contribution in [3.63, 3.8) is 0 Å². The lowest BCUT2D eigenvalue weighted by Crippen LogP contribution is -2.21. The summed E-state index contributed by atoms with van der Waals surface area (Å²) in [7, 11) is 1.62. The first kappa shape index (κ1) is 22.1. The van der Waals surface area contributed by atoms with Crippen molar-refractivity contribution in [3.8, 4) is 22.9 Å². The maximum Gasteiger partial charge on any atom is 0.267 e. The van der Waals surface area contributed by atoms with Crippen LogP contribution < -0.4 is 10.3 Å². The molecule has 0 atom stereocenters. The Labute approximate surface area is 209 Å². The number of para-hydroxylation sites is 1. The van der Waals surface area contributed by atoms with Crippen molar-refractivity contribution in [1.82, 2.24) is 29.3 Å². The van der Waals surface area contributed by atoms with Crippen LogP contribution in [0.5, 0.6) is 5.75 Å². The van der Waals surface area contributed by atoms with Crippen LogP contribution in [0.15, 0.2) is 87.3 Å². The molecule has 3 aromatic heterocycles. The highest BCUT2D eigenvalue weighted by molar-refractivity contribution is 7.98. The highest BCUT2D eigenvalue weighted by Crippen LogP contribution is 2.27. The first-order valence-electron chi connectivity index (χ1n) is 11.2. The molecule has 10 heteroatoms. The fourth-order valence-electron chi connectivity index (χ4n) is 3.99. The largest absolute Gasteiger partial charge is 0.497 e. The van der Waals surface area contributed by atoms with Gasteiger partial charge in [-0.25, -0.2) is 4.57 Å². The Kier molecular flexibility index (Phi) is 5.49. The fraction of sp³-hybridized carbons (Fsp3) is 0.115. The average molecular weight is 497 g/mol. The molecule has 0 saturated heterocycles. The minimum absolute atomic E-state index is 0.145. The van der Waals surface area contributed by atoms with Crippen molar-refractivity contribution in [2.24, 2.45) is 0 Å². The number of aromatic nitrogens is 6. The number of ether oxygens (including phenoxy) is 1. The van der Waals surface area contributed by atoms with Crippen LogP contribution in [-0.4, -0.2) is 36.4 Å². The molecule has 6 rings (SSSR count). The van der Waals surface area contributed by atoms with E-state index in [0.29, 0.717) is 33.8 Å².